The number of nitrogens with one attached hydrogen (secondary N) is 3. The molecular formula is C21H25N5O4S2. The number of sulfonamides is 1. The number of hydrogen-bond acceptors (Lipinski definition) is 6. The molecule has 0 spiro atoms. The Morgan fingerprint density at radius 2 is 1.81 bits per heavy atom. The number of imidazole rings is 1. The number of fused-ring (bicyclic) bond motifs is 1. The molecule has 1 atom stereocenters. The predicted octanol–water partition coefficient (Wildman–Crippen LogP) is 2.94. The highest BCUT2D eigenvalue weighted by Gasteiger charge is 2.25. The second-order valence-electron chi connectivity index (χ2n) is 7.74. The number of aromatic nitrogens is 3. The molecule has 1 aliphatic heterocycles. The minimum Gasteiger partial charge on any atom is -0.325 e. The van der Waals surface area contributed by atoms with Crippen molar-refractivity contribution in [1.29, 1.82) is 0 Å². The van der Waals surface area contributed by atoms with Crippen molar-refractivity contribution in [2.75, 3.05) is 18.4 Å². The fourth-order valence-electron chi connectivity index (χ4n) is 3.61. The molecule has 32 heavy (non-hydrogen) atoms. The quantitative estimate of drug-likeness (QED) is 0.470. The van der Waals surface area contributed by atoms with Crippen molar-refractivity contribution in [3.63, 3.8) is 0 Å². The molecule has 0 saturated carbocycles. The zero-order valence-electron chi connectivity index (χ0n) is 17.6. The van der Waals surface area contributed by atoms with Gasteiger partial charge in [0.25, 0.3) is 0 Å². The Balaban J connectivity index is 1.39. The van der Waals surface area contributed by atoms with Crippen molar-refractivity contribution in [3.8, 4) is 0 Å². The molecule has 3 N–H and O–H groups in total. The van der Waals surface area contributed by atoms with Crippen LogP contribution in [0.5, 0.6) is 0 Å². The van der Waals surface area contributed by atoms with Crippen LogP contribution in [0.25, 0.3) is 11.0 Å². The van der Waals surface area contributed by atoms with Crippen molar-refractivity contribution in [1.82, 2.24) is 19.3 Å². The molecule has 1 fully saturated rings. The Kier molecular flexibility index (Phi) is 6.68. The first-order valence-corrected chi connectivity index (χ1v) is 12.8. The summed E-state index contributed by atoms with van der Waals surface area (Å²) in [7, 11) is -3.55. The molecule has 9 nitrogen and oxygen atoms in total. The van der Waals surface area contributed by atoms with E-state index in [1.807, 2.05) is 0 Å². The number of anilines is 1. The standard InChI is InChI=1S/C21H25N5O4S2/c1-14(20(27)23-15-6-8-17-18(12-15)25-21(28)24-17)31-19-9-7-16(13-22-19)32(29,30)26-10-4-2-3-5-11-26/h6-9,12-14H,2-5,10-11H2,1H3,(H,23,27)(H2,24,25,28)/t14-/m1/s1. The second kappa shape index (κ2) is 9.47. The molecule has 0 aliphatic carbocycles. The van der Waals surface area contributed by atoms with Gasteiger partial charge in [0.1, 0.15) is 4.90 Å². The van der Waals surface area contributed by atoms with Crippen molar-refractivity contribution in [2.24, 2.45) is 0 Å². The van der Waals surface area contributed by atoms with Gasteiger partial charge in [-0.05, 0) is 50.1 Å². The second-order valence-corrected chi connectivity index (χ2v) is 11.0. The van der Waals surface area contributed by atoms with E-state index in [1.165, 1.54) is 22.3 Å². The maximum Gasteiger partial charge on any atom is 0.323 e. The van der Waals surface area contributed by atoms with Crippen molar-refractivity contribution in [2.45, 2.75) is 47.8 Å². The number of pyridine rings is 1. The Morgan fingerprint density at radius 1 is 1.09 bits per heavy atom. The lowest BCUT2D eigenvalue weighted by molar-refractivity contribution is -0.115. The molecule has 3 heterocycles. The molecule has 170 valence electrons. The first-order chi connectivity index (χ1) is 15.3. The van der Waals surface area contributed by atoms with Gasteiger partial charge in [-0.1, -0.05) is 24.6 Å². The minimum absolute atomic E-state index is 0.176. The number of rotatable bonds is 6. The lowest BCUT2D eigenvalue weighted by Gasteiger charge is -2.19. The summed E-state index contributed by atoms with van der Waals surface area (Å²) in [5, 5.41) is 2.92. The van der Waals surface area contributed by atoms with Gasteiger partial charge in [-0.3, -0.25) is 4.79 Å². The Bertz CT molecular complexity index is 1260. The molecule has 4 rings (SSSR count). The first kappa shape index (κ1) is 22.6. The van der Waals surface area contributed by atoms with E-state index in [-0.39, 0.29) is 16.5 Å². The maximum atomic E-state index is 12.9. The number of thioether (sulfide) groups is 1. The zero-order chi connectivity index (χ0) is 22.7. The van der Waals surface area contributed by atoms with Gasteiger partial charge >= 0.3 is 5.69 Å². The van der Waals surface area contributed by atoms with E-state index >= 15 is 0 Å². The fraction of sp³-hybridized carbons (Fsp3) is 0.381. The van der Waals surface area contributed by atoms with Crippen molar-refractivity contribution < 1.29 is 13.2 Å². The molecule has 1 amide bonds. The van der Waals surface area contributed by atoms with Gasteiger partial charge in [-0.25, -0.2) is 18.2 Å². The van der Waals surface area contributed by atoms with Crippen LogP contribution in [-0.4, -0.2) is 51.9 Å². The smallest absolute Gasteiger partial charge is 0.323 e. The van der Waals surface area contributed by atoms with E-state index in [1.54, 1.807) is 37.3 Å². The van der Waals surface area contributed by atoms with E-state index in [0.29, 0.717) is 34.8 Å². The number of carbonyl (C=O) groups is 1. The van der Waals surface area contributed by atoms with E-state index in [4.69, 9.17) is 0 Å². The third-order valence-electron chi connectivity index (χ3n) is 5.36. The third-order valence-corrected chi connectivity index (χ3v) is 8.30. The van der Waals surface area contributed by atoms with E-state index < -0.39 is 15.3 Å². The van der Waals surface area contributed by atoms with Gasteiger partial charge in [-0.15, -0.1) is 0 Å². The normalized spacial score (nSPS) is 16.5. The molecule has 0 bridgehead atoms. The predicted molar refractivity (Wildman–Crippen MR) is 124 cm³/mol. The Hall–Kier alpha value is -2.63. The lowest BCUT2D eigenvalue weighted by Crippen LogP contribution is -2.32. The van der Waals surface area contributed by atoms with Gasteiger partial charge in [0.15, 0.2) is 0 Å². The number of nitrogens with zero attached hydrogens (tertiary/aromatic N) is 2. The summed E-state index contributed by atoms with van der Waals surface area (Å²) in [5.74, 6) is -0.227. The monoisotopic (exact) mass is 475 g/mol. The van der Waals surface area contributed by atoms with Crippen LogP contribution in [0.2, 0.25) is 0 Å². The van der Waals surface area contributed by atoms with Gasteiger partial charge in [0, 0.05) is 25.0 Å². The SMILES string of the molecule is C[C@@H](Sc1ccc(S(=O)(=O)N2CCCCCC2)cn1)C(=O)Nc1ccc2[nH]c(=O)[nH]c2c1. The third kappa shape index (κ3) is 5.05. The van der Waals surface area contributed by atoms with Crippen molar-refractivity contribution in [3.05, 3.63) is 47.0 Å². The van der Waals surface area contributed by atoms with Gasteiger partial charge < -0.3 is 15.3 Å². The molecule has 0 radical (unpaired) electrons. The highest BCUT2D eigenvalue weighted by Crippen LogP contribution is 2.25. The average molecular weight is 476 g/mol. The van der Waals surface area contributed by atoms with Crippen LogP contribution in [0.15, 0.2) is 51.2 Å². The van der Waals surface area contributed by atoms with Crippen LogP contribution in [0.3, 0.4) is 0 Å². The number of hydrogen-bond donors (Lipinski definition) is 3. The van der Waals surface area contributed by atoms with E-state index in [0.717, 1.165) is 25.7 Å². The summed E-state index contributed by atoms with van der Waals surface area (Å²) in [6, 6.07) is 8.29. The summed E-state index contributed by atoms with van der Waals surface area (Å²) in [5.41, 5.74) is 1.53. The van der Waals surface area contributed by atoms with Crippen LogP contribution < -0.4 is 11.0 Å². The summed E-state index contributed by atoms with van der Waals surface area (Å²) in [6.45, 7) is 2.83. The molecule has 0 unspecified atom stereocenters. The van der Waals surface area contributed by atoms with E-state index in [9.17, 15) is 18.0 Å². The van der Waals surface area contributed by atoms with Gasteiger partial charge in [0.05, 0.1) is 21.3 Å². The summed E-state index contributed by atoms with van der Waals surface area (Å²) < 4.78 is 27.3. The van der Waals surface area contributed by atoms with Crippen LogP contribution in [-0.2, 0) is 14.8 Å². The van der Waals surface area contributed by atoms with Crippen LogP contribution >= 0.6 is 11.8 Å². The number of H-pyrrole nitrogens is 2. The molecule has 1 aliphatic rings. The van der Waals surface area contributed by atoms with Gasteiger partial charge in [-0.2, -0.15) is 4.31 Å². The first-order valence-electron chi connectivity index (χ1n) is 10.5. The number of carbonyl (C=O) groups excluding carboxylic acids is 1. The highest BCUT2D eigenvalue weighted by atomic mass is 32.2. The number of amides is 1. The summed E-state index contributed by atoms with van der Waals surface area (Å²) in [4.78, 5) is 33.7. The van der Waals surface area contributed by atoms with E-state index in [2.05, 4.69) is 20.3 Å². The zero-order valence-corrected chi connectivity index (χ0v) is 19.3. The fourth-order valence-corrected chi connectivity index (χ4v) is 5.86. The van der Waals surface area contributed by atoms with Crippen LogP contribution in [0.4, 0.5) is 5.69 Å². The highest BCUT2D eigenvalue weighted by molar-refractivity contribution is 8.00. The topological polar surface area (TPSA) is 128 Å². The van der Waals surface area contributed by atoms with Crippen molar-refractivity contribution >= 4 is 44.4 Å². The molecule has 1 aromatic carbocycles. The molecule has 3 aromatic rings. The summed E-state index contributed by atoms with van der Waals surface area (Å²) in [6.07, 6.45) is 5.22. The lowest BCUT2D eigenvalue weighted by atomic mass is 10.2. The molecular weight excluding hydrogens is 450 g/mol. The molecule has 11 heteroatoms. The Labute approximate surface area is 190 Å². The number of aromatic amines is 2. The number of benzene rings is 1. The summed E-state index contributed by atoms with van der Waals surface area (Å²) >= 11 is 1.24. The Morgan fingerprint density at radius 3 is 2.50 bits per heavy atom. The largest absolute Gasteiger partial charge is 0.325 e. The molecule has 2 aromatic heterocycles. The minimum atomic E-state index is -3.55. The van der Waals surface area contributed by atoms with Gasteiger partial charge in [0.2, 0.25) is 15.9 Å². The maximum absolute atomic E-state index is 12.9. The molecule has 1 saturated heterocycles. The van der Waals surface area contributed by atoms with Crippen LogP contribution in [0, 0.1) is 0 Å². The van der Waals surface area contributed by atoms with Crippen LogP contribution in [0.1, 0.15) is 32.6 Å². The average Bonchev–Trinajstić information content (AvgIpc) is 2.95.